The predicted octanol–water partition coefficient (Wildman–Crippen LogP) is 4.32. The molecule has 0 heterocycles. The van der Waals surface area contributed by atoms with Crippen molar-refractivity contribution in [2.24, 2.45) is 0 Å². The molecule has 0 unspecified atom stereocenters. The van der Waals surface area contributed by atoms with Crippen molar-refractivity contribution in [2.75, 3.05) is 7.11 Å². The SMILES string of the molecule is CO.C[C](C)=[Zr]([C]1=CC=CC1)([C]1=CC=CC1)=[Si](C)C.Cl. The maximum atomic E-state index is 7.00. The molecule has 2 aliphatic rings. The Kier molecular flexibility index (Phi) is 9.33. The molecule has 0 saturated carbocycles. The summed E-state index contributed by atoms with van der Waals surface area (Å²) in [5.74, 6) is 0. The van der Waals surface area contributed by atoms with Crippen molar-refractivity contribution in [1.29, 1.82) is 0 Å². The predicted molar refractivity (Wildman–Crippen MR) is 92.9 cm³/mol. The van der Waals surface area contributed by atoms with Crippen LogP contribution in [-0.4, -0.2) is 20.9 Å². The quantitative estimate of drug-likeness (QED) is 0.697. The van der Waals surface area contributed by atoms with Gasteiger partial charge in [-0.05, 0) is 0 Å². The first-order valence-electron chi connectivity index (χ1n) is 6.88. The standard InChI is InChI=1S/2C5H5.C3H6.C2H6Si.CH4O.ClH.Zr/c2*1-2-4-5-3-1;2*1-3-2;1-2;;/h2*1-3H,4H2;2*1-2H3;2H,1H3;1H;. The van der Waals surface area contributed by atoms with Gasteiger partial charge in [0.25, 0.3) is 0 Å². The Morgan fingerprint density at radius 2 is 1.40 bits per heavy atom. The van der Waals surface area contributed by atoms with Crippen LogP contribution in [0.5, 0.6) is 0 Å². The molecular weight excluding hydrogens is 363 g/mol. The second-order valence-corrected chi connectivity index (χ2v) is 28.5. The Hall–Kier alpha value is 0.180. The van der Waals surface area contributed by atoms with E-state index >= 15 is 0 Å². The van der Waals surface area contributed by atoms with Crippen LogP contribution < -0.4 is 0 Å². The molecule has 4 heteroatoms. The van der Waals surface area contributed by atoms with Gasteiger partial charge < -0.3 is 5.11 Å². The molecule has 112 valence electrons. The van der Waals surface area contributed by atoms with Crippen LogP contribution in [-0.2, 0) is 18.4 Å². The Labute approximate surface area is 134 Å². The number of aliphatic hydroxyl groups excluding tert-OH is 1. The van der Waals surface area contributed by atoms with E-state index in [1.807, 2.05) is 6.56 Å². The van der Waals surface area contributed by atoms with E-state index in [2.05, 4.69) is 63.4 Å². The molecule has 1 N–H and O–H groups in total. The van der Waals surface area contributed by atoms with Gasteiger partial charge >= 0.3 is 110 Å². The molecule has 0 spiro atoms. The zero-order valence-electron chi connectivity index (χ0n) is 13.2. The van der Waals surface area contributed by atoms with Crippen molar-refractivity contribution in [3.8, 4) is 0 Å². The summed E-state index contributed by atoms with van der Waals surface area (Å²) >= 11 is -2.36. The third-order valence-electron chi connectivity index (χ3n) is 4.01. The van der Waals surface area contributed by atoms with E-state index in [1.54, 1.807) is 3.21 Å². The van der Waals surface area contributed by atoms with Gasteiger partial charge in [-0.1, -0.05) is 0 Å². The Balaban J connectivity index is 0.00000115. The van der Waals surface area contributed by atoms with Crippen LogP contribution in [0.4, 0.5) is 0 Å². The topological polar surface area (TPSA) is 20.2 Å². The number of rotatable bonds is 2. The average Bonchev–Trinajstić information content (AvgIpc) is 3.04. The molecule has 0 fully saturated rings. The van der Waals surface area contributed by atoms with E-state index in [1.165, 1.54) is 12.8 Å². The second-order valence-electron chi connectivity index (χ2n) is 5.40. The summed E-state index contributed by atoms with van der Waals surface area (Å²) < 4.78 is 5.43. The minimum Gasteiger partial charge on any atom is -0.147 e. The Morgan fingerprint density at radius 3 is 1.60 bits per heavy atom. The molecular formula is C16H27ClOSiZr. The third-order valence-corrected chi connectivity index (χ3v) is 33.6. The number of aliphatic hydroxyl groups is 1. The summed E-state index contributed by atoms with van der Waals surface area (Å²) in [6.45, 7) is 9.91. The first-order valence-corrected chi connectivity index (χ1v) is 16.8. The zero-order valence-corrected chi connectivity index (χ0v) is 17.5. The van der Waals surface area contributed by atoms with Crippen LogP contribution in [0.25, 0.3) is 0 Å². The summed E-state index contributed by atoms with van der Waals surface area (Å²) in [6.07, 6.45) is 16.6. The van der Waals surface area contributed by atoms with Gasteiger partial charge in [0.15, 0.2) is 0 Å². The second kappa shape index (κ2) is 9.25. The fraction of sp³-hybridized carbons (Fsp3) is 0.438. The summed E-state index contributed by atoms with van der Waals surface area (Å²) in [5.41, 5.74) is -0.241. The maximum absolute atomic E-state index is 7.00. The van der Waals surface area contributed by atoms with Gasteiger partial charge in [-0.3, -0.25) is 0 Å². The van der Waals surface area contributed by atoms with Gasteiger partial charge in [0, 0.05) is 7.11 Å². The minimum absolute atomic E-state index is 0. The van der Waals surface area contributed by atoms with Crippen molar-refractivity contribution in [3.05, 3.63) is 43.0 Å². The molecule has 1 nitrogen and oxygen atoms in total. The summed E-state index contributed by atoms with van der Waals surface area (Å²) in [7, 11) is 1.00. The van der Waals surface area contributed by atoms with E-state index in [0.717, 1.165) is 7.11 Å². The Bertz CT molecular complexity index is 522. The van der Waals surface area contributed by atoms with Crippen molar-refractivity contribution >= 4 is 21.0 Å². The van der Waals surface area contributed by atoms with Gasteiger partial charge in [0.2, 0.25) is 0 Å². The van der Waals surface area contributed by atoms with Crippen LogP contribution in [0.2, 0.25) is 13.1 Å². The summed E-state index contributed by atoms with van der Waals surface area (Å²) in [4.78, 5) is 0. The molecule has 0 aromatic carbocycles. The van der Waals surface area contributed by atoms with Crippen molar-refractivity contribution in [2.45, 2.75) is 39.8 Å². The molecule has 0 radical (unpaired) electrons. The van der Waals surface area contributed by atoms with Crippen LogP contribution in [0.1, 0.15) is 26.7 Å². The smallest absolute Gasteiger partial charge is 0.147 e. The van der Waals surface area contributed by atoms with E-state index in [-0.39, 0.29) is 17.8 Å². The van der Waals surface area contributed by atoms with Crippen LogP contribution in [0.3, 0.4) is 0 Å². The first kappa shape index (κ1) is 20.2. The number of allylic oxidation sites excluding steroid dienone is 8. The monoisotopic (exact) mass is 388 g/mol. The van der Waals surface area contributed by atoms with Crippen LogP contribution in [0, 0.1) is 0 Å². The summed E-state index contributed by atoms with van der Waals surface area (Å²) in [6, 6.07) is 0. The molecule has 2 rings (SSSR count). The minimum atomic E-state index is -2.36. The van der Waals surface area contributed by atoms with Crippen molar-refractivity contribution in [1.82, 2.24) is 0 Å². The fourth-order valence-corrected chi connectivity index (χ4v) is 32.7. The first-order chi connectivity index (χ1) is 9.10. The van der Waals surface area contributed by atoms with Gasteiger partial charge in [-0.2, -0.15) is 0 Å². The molecule has 2 aliphatic carbocycles. The van der Waals surface area contributed by atoms with E-state index in [9.17, 15) is 0 Å². The summed E-state index contributed by atoms with van der Waals surface area (Å²) in [5, 5.41) is 7.00. The zero-order chi connectivity index (χ0) is 14.5. The van der Waals surface area contributed by atoms with Gasteiger partial charge in [0.1, 0.15) is 0 Å². The molecule has 0 amide bonds. The van der Waals surface area contributed by atoms with E-state index in [0.29, 0.717) is 0 Å². The molecule has 0 atom stereocenters. The fourth-order valence-electron chi connectivity index (χ4n) is 3.44. The van der Waals surface area contributed by atoms with Crippen LogP contribution in [0.15, 0.2) is 43.0 Å². The number of hydrogen-bond donors (Lipinski definition) is 1. The Morgan fingerprint density at radius 1 is 1.00 bits per heavy atom. The molecule has 0 aromatic rings. The largest absolute Gasteiger partial charge is 0.147 e. The van der Waals surface area contributed by atoms with Gasteiger partial charge in [-0.15, -0.1) is 12.4 Å². The molecule has 0 aliphatic heterocycles. The van der Waals surface area contributed by atoms with Crippen LogP contribution >= 0.6 is 12.4 Å². The van der Waals surface area contributed by atoms with E-state index in [4.69, 9.17) is 5.11 Å². The number of hydrogen-bond acceptors (Lipinski definition) is 1. The van der Waals surface area contributed by atoms with Crippen molar-refractivity contribution in [3.63, 3.8) is 0 Å². The molecule has 20 heavy (non-hydrogen) atoms. The maximum Gasteiger partial charge on any atom is -0.147 e. The molecule has 0 saturated heterocycles. The average molecular weight is 390 g/mol. The van der Waals surface area contributed by atoms with Gasteiger partial charge in [-0.25, -0.2) is 0 Å². The normalized spacial score (nSPS) is 15.1. The molecule has 0 bridgehead atoms. The van der Waals surface area contributed by atoms with E-state index < -0.39 is 18.4 Å². The molecule has 0 aromatic heterocycles. The third kappa shape index (κ3) is 3.68. The van der Waals surface area contributed by atoms with Gasteiger partial charge in [0.05, 0.1) is 0 Å². The van der Waals surface area contributed by atoms with Crippen molar-refractivity contribution < 1.29 is 23.5 Å². The number of halogens is 1.